The molecule has 1 N–H and O–H groups in total. The van der Waals surface area contributed by atoms with Crippen molar-refractivity contribution in [3.05, 3.63) is 35.9 Å². The maximum absolute atomic E-state index is 11.1. The molecule has 3 atom stereocenters. The average molecular weight is 247 g/mol. The lowest BCUT2D eigenvalue weighted by Crippen LogP contribution is -2.55. The molecule has 1 aromatic carbocycles. The van der Waals surface area contributed by atoms with E-state index in [1.54, 1.807) is 0 Å². The summed E-state index contributed by atoms with van der Waals surface area (Å²) in [4.78, 5) is 2.49. The van der Waals surface area contributed by atoms with Crippen LogP contribution in [0.5, 0.6) is 0 Å². The molecule has 0 aliphatic carbocycles. The smallest absolute Gasteiger partial charge is 0.0948 e. The fraction of sp³-hybridized carbons (Fsp3) is 0.625. The van der Waals surface area contributed by atoms with E-state index in [2.05, 4.69) is 32.6 Å². The normalized spacial score (nSPS) is 33.9. The Morgan fingerprint density at radius 1 is 1.22 bits per heavy atom. The van der Waals surface area contributed by atoms with E-state index in [4.69, 9.17) is 0 Å². The van der Waals surface area contributed by atoms with Gasteiger partial charge in [0.2, 0.25) is 0 Å². The van der Waals surface area contributed by atoms with Gasteiger partial charge in [-0.15, -0.1) is 0 Å². The molecule has 0 saturated carbocycles. The van der Waals surface area contributed by atoms with Gasteiger partial charge in [0.1, 0.15) is 0 Å². The summed E-state index contributed by atoms with van der Waals surface area (Å²) in [5.74, 6) is 0.262. The number of nitrogens with zero attached hydrogens (tertiary/aromatic N) is 1. The first-order valence-corrected chi connectivity index (χ1v) is 6.99. The quantitative estimate of drug-likeness (QED) is 0.868. The third-order valence-electron chi connectivity index (χ3n) is 4.41. The molecule has 0 aromatic heterocycles. The predicted molar refractivity (Wildman–Crippen MR) is 75.4 cm³/mol. The molecule has 1 heterocycles. The maximum Gasteiger partial charge on any atom is 0.0948 e. The number of hydrogen-bond donors (Lipinski definition) is 1. The van der Waals surface area contributed by atoms with Crippen LogP contribution in [0.25, 0.3) is 0 Å². The maximum atomic E-state index is 11.1. The fourth-order valence-electron chi connectivity index (χ4n) is 3.26. The molecule has 2 rings (SSSR count). The van der Waals surface area contributed by atoms with Crippen LogP contribution in [0.3, 0.4) is 0 Å². The van der Waals surface area contributed by atoms with Gasteiger partial charge in [-0.3, -0.25) is 4.90 Å². The number of aliphatic hydroxyl groups is 1. The third-order valence-corrected chi connectivity index (χ3v) is 4.41. The van der Waals surface area contributed by atoms with Crippen LogP contribution in [0.4, 0.5) is 0 Å². The summed E-state index contributed by atoms with van der Waals surface area (Å²) in [6.45, 7) is 9.81. The predicted octanol–water partition coefficient (Wildman–Crippen LogP) is 3.01. The van der Waals surface area contributed by atoms with Crippen LogP contribution < -0.4 is 0 Å². The van der Waals surface area contributed by atoms with E-state index >= 15 is 0 Å². The van der Waals surface area contributed by atoms with Gasteiger partial charge in [0.15, 0.2) is 0 Å². The summed E-state index contributed by atoms with van der Waals surface area (Å²) < 4.78 is 0. The standard InChI is InChI=1S/C16H25NO/c1-12(2)17-11-13(3)16(18,10-14(17)4)15-8-6-5-7-9-15/h5-9,12-14,18H,10-11H2,1-4H3/t13-,14+,16+/m1/s1. The lowest BCUT2D eigenvalue weighted by atomic mass is 9.74. The van der Waals surface area contributed by atoms with Gasteiger partial charge in [-0.1, -0.05) is 37.3 Å². The summed E-state index contributed by atoms with van der Waals surface area (Å²) in [6.07, 6.45) is 0.816. The second kappa shape index (κ2) is 5.02. The topological polar surface area (TPSA) is 23.5 Å². The number of benzene rings is 1. The summed E-state index contributed by atoms with van der Waals surface area (Å²) >= 11 is 0. The first-order chi connectivity index (χ1) is 8.45. The number of hydrogen-bond acceptors (Lipinski definition) is 2. The molecule has 0 bridgehead atoms. The largest absolute Gasteiger partial charge is 0.385 e. The van der Waals surface area contributed by atoms with Gasteiger partial charge in [-0.25, -0.2) is 0 Å². The van der Waals surface area contributed by atoms with Crippen molar-refractivity contribution in [2.24, 2.45) is 5.92 Å². The molecule has 0 amide bonds. The van der Waals surface area contributed by atoms with Gasteiger partial charge in [-0.05, 0) is 32.8 Å². The lowest BCUT2D eigenvalue weighted by molar-refractivity contribution is -0.0974. The first kappa shape index (κ1) is 13.6. The molecule has 1 aromatic rings. The Kier molecular flexibility index (Phi) is 3.79. The molecule has 0 radical (unpaired) electrons. The Balaban J connectivity index is 2.26. The molecule has 1 aliphatic rings. The first-order valence-electron chi connectivity index (χ1n) is 6.99. The minimum Gasteiger partial charge on any atom is -0.385 e. The molecular formula is C16H25NO. The molecule has 1 fully saturated rings. The molecule has 2 nitrogen and oxygen atoms in total. The fourth-order valence-corrected chi connectivity index (χ4v) is 3.26. The zero-order chi connectivity index (χ0) is 13.3. The highest BCUT2D eigenvalue weighted by atomic mass is 16.3. The van der Waals surface area contributed by atoms with Crippen molar-refractivity contribution in [3.8, 4) is 0 Å². The van der Waals surface area contributed by atoms with Gasteiger partial charge in [0.05, 0.1) is 5.60 Å². The highest BCUT2D eigenvalue weighted by molar-refractivity contribution is 5.24. The van der Waals surface area contributed by atoms with Crippen LogP contribution in [0.2, 0.25) is 0 Å². The van der Waals surface area contributed by atoms with Crippen molar-refractivity contribution in [1.29, 1.82) is 0 Å². The third kappa shape index (κ3) is 2.32. The molecule has 0 spiro atoms. The molecule has 18 heavy (non-hydrogen) atoms. The second-order valence-electron chi connectivity index (χ2n) is 6.04. The number of likely N-dealkylation sites (tertiary alicyclic amines) is 1. The summed E-state index contributed by atoms with van der Waals surface area (Å²) in [6, 6.07) is 11.1. The van der Waals surface area contributed by atoms with Gasteiger partial charge in [0, 0.05) is 24.5 Å². The molecular weight excluding hydrogens is 222 g/mol. The van der Waals surface area contributed by atoms with Crippen molar-refractivity contribution in [2.75, 3.05) is 6.54 Å². The van der Waals surface area contributed by atoms with Crippen LogP contribution in [-0.2, 0) is 5.60 Å². The highest BCUT2D eigenvalue weighted by Gasteiger charge is 2.43. The van der Waals surface area contributed by atoms with Crippen LogP contribution in [0.1, 0.15) is 39.7 Å². The van der Waals surface area contributed by atoms with Crippen molar-refractivity contribution in [1.82, 2.24) is 4.90 Å². The SMILES string of the molecule is CC(C)N1C[C@@H](C)[C@](O)(c2ccccc2)C[C@@H]1C. The Hall–Kier alpha value is -0.860. The molecule has 1 saturated heterocycles. The highest BCUT2D eigenvalue weighted by Crippen LogP contribution is 2.40. The Morgan fingerprint density at radius 2 is 1.83 bits per heavy atom. The van der Waals surface area contributed by atoms with Crippen molar-refractivity contribution in [3.63, 3.8) is 0 Å². The summed E-state index contributed by atoms with van der Waals surface area (Å²) in [5.41, 5.74) is 0.388. The van der Waals surface area contributed by atoms with E-state index < -0.39 is 5.60 Å². The zero-order valence-corrected chi connectivity index (χ0v) is 11.9. The number of piperidine rings is 1. The van der Waals surface area contributed by atoms with Crippen LogP contribution in [0, 0.1) is 5.92 Å². The number of rotatable bonds is 2. The molecule has 1 aliphatic heterocycles. The summed E-state index contributed by atoms with van der Waals surface area (Å²) in [7, 11) is 0. The van der Waals surface area contributed by atoms with Crippen molar-refractivity contribution >= 4 is 0 Å². The van der Waals surface area contributed by atoms with Crippen LogP contribution >= 0.6 is 0 Å². The van der Waals surface area contributed by atoms with Crippen LogP contribution in [0.15, 0.2) is 30.3 Å². The van der Waals surface area contributed by atoms with E-state index in [9.17, 15) is 5.11 Å². The van der Waals surface area contributed by atoms with Crippen molar-refractivity contribution < 1.29 is 5.11 Å². The lowest BCUT2D eigenvalue weighted by Gasteiger charge is -2.48. The van der Waals surface area contributed by atoms with Crippen molar-refractivity contribution in [2.45, 2.75) is 51.8 Å². The molecule has 2 heteroatoms. The van der Waals surface area contributed by atoms with E-state index in [1.165, 1.54) is 0 Å². The molecule has 0 unspecified atom stereocenters. The van der Waals surface area contributed by atoms with Gasteiger partial charge in [-0.2, -0.15) is 0 Å². The second-order valence-corrected chi connectivity index (χ2v) is 6.04. The van der Waals surface area contributed by atoms with E-state index in [0.717, 1.165) is 18.5 Å². The minimum atomic E-state index is -0.675. The average Bonchev–Trinajstić information content (AvgIpc) is 2.34. The Morgan fingerprint density at radius 3 is 2.39 bits per heavy atom. The zero-order valence-electron chi connectivity index (χ0n) is 11.9. The Labute approximate surface area is 111 Å². The van der Waals surface area contributed by atoms with Gasteiger partial charge < -0.3 is 5.11 Å². The minimum absolute atomic E-state index is 0.262. The Bertz CT molecular complexity index is 389. The van der Waals surface area contributed by atoms with Gasteiger partial charge >= 0.3 is 0 Å². The monoisotopic (exact) mass is 247 g/mol. The van der Waals surface area contributed by atoms with Gasteiger partial charge in [0.25, 0.3) is 0 Å². The van der Waals surface area contributed by atoms with Crippen LogP contribution in [-0.4, -0.2) is 28.6 Å². The van der Waals surface area contributed by atoms with E-state index in [0.29, 0.717) is 12.1 Å². The summed E-state index contributed by atoms with van der Waals surface area (Å²) in [5, 5.41) is 11.1. The molecule has 100 valence electrons. The van der Waals surface area contributed by atoms with E-state index in [-0.39, 0.29) is 5.92 Å². The van der Waals surface area contributed by atoms with E-state index in [1.807, 2.05) is 30.3 Å².